The minimum Gasteiger partial charge on any atom is -0.385 e. The summed E-state index contributed by atoms with van der Waals surface area (Å²) >= 11 is 5.49. The highest BCUT2D eigenvalue weighted by Gasteiger charge is 2.02. The van der Waals surface area contributed by atoms with Gasteiger partial charge in [0.05, 0.1) is 0 Å². The summed E-state index contributed by atoms with van der Waals surface area (Å²) in [6, 6.07) is 20.3. The molecule has 2 rings (SSSR count). The van der Waals surface area contributed by atoms with Crippen LogP contribution < -0.4 is 5.32 Å². The summed E-state index contributed by atoms with van der Waals surface area (Å²) in [7, 11) is 0. The van der Waals surface area contributed by atoms with Crippen molar-refractivity contribution >= 4 is 22.8 Å². The van der Waals surface area contributed by atoms with Gasteiger partial charge in [0.2, 0.25) is 0 Å². The van der Waals surface area contributed by atoms with E-state index in [2.05, 4.69) is 24.4 Å². The lowest BCUT2D eigenvalue weighted by molar-refractivity contribution is 0.941. The number of thiocarbonyl (C=S) groups is 1. The lowest BCUT2D eigenvalue weighted by Crippen LogP contribution is -2.12. The Morgan fingerprint density at radius 1 is 0.947 bits per heavy atom. The third kappa shape index (κ3) is 3.76. The number of benzene rings is 2. The Balaban J connectivity index is 2.29. The van der Waals surface area contributed by atoms with Crippen LogP contribution in [0.25, 0.3) is 5.70 Å². The SMILES string of the molecule is CCN/C(=C\C(=S)c1ccccc1)c1ccccc1. The second-order valence-corrected chi connectivity index (χ2v) is 4.62. The van der Waals surface area contributed by atoms with E-state index in [1.807, 2.05) is 54.6 Å². The Labute approximate surface area is 120 Å². The predicted octanol–water partition coefficient (Wildman–Crippen LogP) is 4.06. The van der Waals surface area contributed by atoms with Crippen molar-refractivity contribution in [1.82, 2.24) is 5.32 Å². The summed E-state index contributed by atoms with van der Waals surface area (Å²) in [4.78, 5) is 0.848. The molecule has 0 unspecified atom stereocenters. The second-order valence-electron chi connectivity index (χ2n) is 4.18. The number of nitrogens with one attached hydrogen (secondary N) is 1. The van der Waals surface area contributed by atoms with Gasteiger partial charge in [-0.25, -0.2) is 0 Å². The standard InChI is InChI=1S/C17H17NS/c1-2-18-16(14-9-5-3-6-10-14)13-17(19)15-11-7-4-8-12-15/h3-13,18H,2H2,1H3/b16-13-. The highest BCUT2D eigenvalue weighted by Crippen LogP contribution is 2.13. The molecule has 2 aromatic rings. The molecule has 1 nitrogen and oxygen atoms in total. The van der Waals surface area contributed by atoms with Crippen molar-refractivity contribution in [1.29, 1.82) is 0 Å². The molecule has 0 atom stereocenters. The molecule has 0 aliphatic carbocycles. The normalized spacial score (nSPS) is 11.1. The lowest BCUT2D eigenvalue weighted by atomic mass is 10.1. The zero-order valence-corrected chi connectivity index (χ0v) is 11.8. The van der Waals surface area contributed by atoms with E-state index in [1.54, 1.807) is 0 Å². The van der Waals surface area contributed by atoms with Crippen LogP contribution >= 0.6 is 12.2 Å². The first-order valence-electron chi connectivity index (χ1n) is 6.41. The molecule has 0 aliphatic rings. The Morgan fingerprint density at radius 2 is 1.47 bits per heavy atom. The van der Waals surface area contributed by atoms with E-state index >= 15 is 0 Å². The number of allylic oxidation sites excluding steroid dienone is 1. The van der Waals surface area contributed by atoms with Crippen LogP contribution in [0.5, 0.6) is 0 Å². The van der Waals surface area contributed by atoms with Crippen molar-refractivity contribution in [2.24, 2.45) is 0 Å². The molecule has 0 heterocycles. The molecule has 0 saturated heterocycles. The van der Waals surface area contributed by atoms with Crippen molar-refractivity contribution in [2.45, 2.75) is 6.92 Å². The molecular weight excluding hydrogens is 250 g/mol. The minimum atomic E-state index is 0.848. The third-order valence-electron chi connectivity index (χ3n) is 2.79. The first-order chi connectivity index (χ1) is 9.31. The van der Waals surface area contributed by atoms with E-state index in [4.69, 9.17) is 12.2 Å². The van der Waals surface area contributed by atoms with Crippen LogP contribution in [0.1, 0.15) is 18.1 Å². The molecule has 0 spiro atoms. The molecule has 0 bridgehead atoms. The van der Waals surface area contributed by atoms with Crippen LogP contribution in [0.3, 0.4) is 0 Å². The summed E-state index contributed by atoms with van der Waals surface area (Å²) in [5.41, 5.74) is 3.29. The number of rotatable bonds is 5. The monoisotopic (exact) mass is 267 g/mol. The van der Waals surface area contributed by atoms with Gasteiger partial charge in [-0.1, -0.05) is 72.9 Å². The largest absolute Gasteiger partial charge is 0.385 e. The fraction of sp³-hybridized carbons (Fsp3) is 0.118. The van der Waals surface area contributed by atoms with E-state index < -0.39 is 0 Å². The maximum Gasteiger partial charge on any atom is 0.0470 e. The van der Waals surface area contributed by atoms with Gasteiger partial charge in [-0.2, -0.15) is 0 Å². The highest BCUT2D eigenvalue weighted by atomic mass is 32.1. The van der Waals surface area contributed by atoms with Gasteiger partial charge in [-0.05, 0) is 24.1 Å². The molecule has 0 radical (unpaired) electrons. The van der Waals surface area contributed by atoms with Crippen LogP contribution in [0.4, 0.5) is 0 Å². The van der Waals surface area contributed by atoms with Gasteiger partial charge in [0.15, 0.2) is 0 Å². The molecule has 19 heavy (non-hydrogen) atoms. The summed E-state index contributed by atoms with van der Waals surface area (Å²) in [5, 5.41) is 3.37. The molecule has 2 aromatic carbocycles. The zero-order chi connectivity index (χ0) is 13.5. The maximum absolute atomic E-state index is 5.49. The minimum absolute atomic E-state index is 0.848. The smallest absolute Gasteiger partial charge is 0.0470 e. The molecule has 0 aromatic heterocycles. The Hall–Kier alpha value is -1.93. The van der Waals surface area contributed by atoms with E-state index in [9.17, 15) is 0 Å². The lowest BCUT2D eigenvalue weighted by Gasteiger charge is -2.10. The first kappa shape index (κ1) is 13.5. The van der Waals surface area contributed by atoms with Gasteiger partial charge >= 0.3 is 0 Å². The summed E-state index contributed by atoms with van der Waals surface area (Å²) in [6.07, 6.45) is 2.03. The predicted molar refractivity (Wildman–Crippen MR) is 86.2 cm³/mol. The molecule has 0 amide bonds. The average molecular weight is 267 g/mol. The maximum atomic E-state index is 5.49. The second kappa shape index (κ2) is 6.86. The van der Waals surface area contributed by atoms with E-state index in [-0.39, 0.29) is 0 Å². The molecule has 0 saturated carbocycles. The highest BCUT2D eigenvalue weighted by molar-refractivity contribution is 7.81. The molecule has 1 N–H and O–H groups in total. The van der Waals surface area contributed by atoms with Gasteiger partial charge < -0.3 is 5.32 Å². The summed E-state index contributed by atoms with van der Waals surface area (Å²) in [6.45, 7) is 2.96. The molecule has 2 heteroatoms. The number of hydrogen-bond donors (Lipinski definition) is 1. The first-order valence-corrected chi connectivity index (χ1v) is 6.82. The van der Waals surface area contributed by atoms with Gasteiger partial charge in [0, 0.05) is 17.1 Å². The third-order valence-corrected chi connectivity index (χ3v) is 3.14. The average Bonchev–Trinajstić information content (AvgIpc) is 2.48. The molecule has 0 fully saturated rings. The van der Waals surface area contributed by atoms with Gasteiger partial charge in [-0.15, -0.1) is 0 Å². The van der Waals surface area contributed by atoms with Gasteiger partial charge in [0.25, 0.3) is 0 Å². The van der Waals surface area contributed by atoms with Gasteiger partial charge in [0.1, 0.15) is 0 Å². The Kier molecular flexibility index (Phi) is 4.87. The Bertz CT molecular complexity index is 558. The van der Waals surface area contributed by atoms with Crippen molar-refractivity contribution in [2.75, 3.05) is 6.54 Å². The molecule has 0 aliphatic heterocycles. The van der Waals surface area contributed by atoms with E-state index in [1.165, 1.54) is 0 Å². The van der Waals surface area contributed by atoms with Crippen LogP contribution in [-0.4, -0.2) is 11.4 Å². The van der Waals surface area contributed by atoms with Crippen molar-refractivity contribution in [3.05, 3.63) is 77.9 Å². The fourth-order valence-corrected chi connectivity index (χ4v) is 2.12. The van der Waals surface area contributed by atoms with Crippen molar-refractivity contribution in [3.8, 4) is 0 Å². The quantitative estimate of drug-likeness (QED) is 0.498. The van der Waals surface area contributed by atoms with Gasteiger partial charge in [-0.3, -0.25) is 0 Å². The van der Waals surface area contributed by atoms with Crippen LogP contribution in [-0.2, 0) is 0 Å². The molecule has 96 valence electrons. The van der Waals surface area contributed by atoms with E-state index in [0.717, 1.165) is 28.2 Å². The van der Waals surface area contributed by atoms with Crippen molar-refractivity contribution in [3.63, 3.8) is 0 Å². The topological polar surface area (TPSA) is 12.0 Å². The molecular formula is C17H17NS. The van der Waals surface area contributed by atoms with Crippen molar-refractivity contribution < 1.29 is 0 Å². The van der Waals surface area contributed by atoms with E-state index in [0.29, 0.717) is 0 Å². The zero-order valence-electron chi connectivity index (χ0n) is 11.0. The van der Waals surface area contributed by atoms with Crippen LogP contribution in [0.15, 0.2) is 66.7 Å². The summed E-state index contributed by atoms with van der Waals surface area (Å²) < 4.78 is 0. The number of hydrogen-bond acceptors (Lipinski definition) is 2. The van der Waals surface area contributed by atoms with Crippen LogP contribution in [0.2, 0.25) is 0 Å². The Morgan fingerprint density at radius 3 is 2.00 bits per heavy atom. The summed E-state index contributed by atoms with van der Waals surface area (Å²) in [5.74, 6) is 0. The van der Waals surface area contributed by atoms with Crippen LogP contribution in [0, 0.1) is 0 Å². The fourth-order valence-electron chi connectivity index (χ4n) is 1.86.